The Morgan fingerprint density at radius 3 is 2.77 bits per heavy atom. The zero-order valence-electron chi connectivity index (χ0n) is 16.6. The van der Waals surface area contributed by atoms with E-state index in [2.05, 4.69) is 6.07 Å². The molecule has 0 aliphatic carbocycles. The first kappa shape index (κ1) is 19.8. The first-order valence-electron chi connectivity index (χ1n) is 9.53. The molecule has 1 aliphatic heterocycles. The Morgan fingerprint density at radius 1 is 1.23 bits per heavy atom. The number of nitrogens with two attached hydrogens (primary N) is 1. The second-order valence-corrected chi connectivity index (χ2v) is 7.83. The Bertz CT molecular complexity index is 1260. The summed E-state index contributed by atoms with van der Waals surface area (Å²) < 4.78 is 17.7. The summed E-state index contributed by atoms with van der Waals surface area (Å²) in [5.74, 6) is 0.889. The fraction of sp³-hybridized carbons (Fsp3) is 0.217. The summed E-state index contributed by atoms with van der Waals surface area (Å²) in [7, 11) is 1.56. The molecule has 0 saturated heterocycles. The Morgan fingerprint density at radius 2 is 2.03 bits per heavy atom. The third kappa shape index (κ3) is 3.25. The predicted octanol–water partition coefficient (Wildman–Crippen LogP) is 4.28. The molecule has 0 spiro atoms. The predicted molar refractivity (Wildman–Crippen MR) is 116 cm³/mol. The topological polar surface area (TPSA) is 94.6 Å². The molecule has 1 aliphatic rings. The molecule has 1 aromatic heterocycles. The van der Waals surface area contributed by atoms with Crippen LogP contribution in [0.3, 0.4) is 0 Å². The lowest BCUT2D eigenvalue weighted by Crippen LogP contribution is -2.25. The van der Waals surface area contributed by atoms with Crippen LogP contribution in [0.15, 0.2) is 58.7 Å². The standard InChI is InChI=1S/C23H20N2O4S/c1-3-10-28-16-9-8-13(11-17(16)27-2)19-15(12-24)22(25)29-21-14-6-4-5-7-18(14)30-23(26)20(19)21/h4-9,11,19H,3,10,25H2,1-2H3/t19-/m0/s1. The van der Waals surface area contributed by atoms with Crippen LogP contribution in [0, 0.1) is 11.3 Å². The number of nitriles is 1. The van der Waals surface area contributed by atoms with Crippen LogP contribution in [0.25, 0.3) is 10.1 Å². The van der Waals surface area contributed by atoms with Crippen LogP contribution in [0.4, 0.5) is 0 Å². The lowest BCUT2D eigenvalue weighted by molar-refractivity contribution is 0.294. The Hall–Kier alpha value is -3.50. The molecule has 2 N–H and O–H groups in total. The molecule has 0 fully saturated rings. The minimum Gasteiger partial charge on any atom is -0.493 e. The van der Waals surface area contributed by atoms with Gasteiger partial charge in [0, 0.05) is 10.1 Å². The van der Waals surface area contributed by atoms with Crippen molar-refractivity contribution >= 4 is 21.4 Å². The maximum atomic E-state index is 13.1. The van der Waals surface area contributed by atoms with E-state index < -0.39 is 5.92 Å². The van der Waals surface area contributed by atoms with E-state index in [1.165, 1.54) is 0 Å². The number of fused-ring (bicyclic) bond motifs is 3. The van der Waals surface area contributed by atoms with Crippen LogP contribution in [-0.4, -0.2) is 13.7 Å². The highest BCUT2D eigenvalue weighted by Crippen LogP contribution is 2.45. The average Bonchev–Trinajstić information content (AvgIpc) is 2.76. The molecule has 2 heterocycles. The van der Waals surface area contributed by atoms with E-state index in [9.17, 15) is 10.1 Å². The van der Waals surface area contributed by atoms with Gasteiger partial charge >= 0.3 is 0 Å². The molecule has 6 nitrogen and oxygen atoms in total. The van der Waals surface area contributed by atoms with Gasteiger partial charge in [-0.2, -0.15) is 5.26 Å². The number of hydrogen-bond donors (Lipinski definition) is 1. The van der Waals surface area contributed by atoms with E-state index in [1.54, 1.807) is 19.2 Å². The number of ether oxygens (including phenoxy) is 3. The summed E-state index contributed by atoms with van der Waals surface area (Å²) in [4.78, 5) is 13.1. The van der Waals surface area contributed by atoms with Crippen LogP contribution in [0.1, 0.15) is 30.4 Å². The third-order valence-corrected chi connectivity index (χ3v) is 5.94. The van der Waals surface area contributed by atoms with Gasteiger partial charge in [-0.1, -0.05) is 36.5 Å². The van der Waals surface area contributed by atoms with Crippen molar-refractivity contribution in [2.24, 2.45) is 5.73 Å². The van der Waals surface area contributed by atoms with E-state index in [0.717, 1.165) is 27.8 Å². The molecule has 0 bridgehead atoms. The number of nitrogens with zero attached hydrogens (tertiary/aromatic N) is 1. The minimum absolute atomic E-state index is 0.000953. The van der Waals surface area contributed by atoms with Gasteiger partial charge in [-0.05, 0) is 36.2 Å². The first-order chi connectivity index (χ1) is 14.6. The molecular weight excluding hydrogens is 400 g/mol. The van der Waals surface area contributed by atoms with Gasteiger partial charge in [-0.3, -0.25) is 4.79 Å². The van der Waals surface area contributed by atoms with Gasteiger partial charge < -0.3 is 19.9 Å². The minimum atomic E-state index is -0.652. The fourth-order valence-corrected chi connectivity index (χ4v) is 4.53. The largest absolute Gasteiger partial charge is 0.493 e. The van der Waals surface area contributed by atoms with E-state index in [0.29, 0.717) is 35.0 Å². The normalized spacial score (nSPS) is 15.3. The van der Waals surface area contributed by atoms with E-state index >= 15 is 0 Å². The van der Waals surface area contributed by atoms with Gasteiger partial charge in [0.15, 0.2) is 11.5 Å². The lowest BCUT2D eigenvalue weighted by Gasteiger charge is -2.27. The molecule has 152 valence electrons. The monoisotopic (exact) mass is 420 g/mol. The summed E-state index contributed by atoms with van der Waals surface area (Å²) in [6.45, 7) is 2.58. The van der Waals surface area contributed by atoms with Gasteiger partial charge in [0.05, 0.1) is 25.2 Å². The SMILES string of the molecule is CCCOc1ccc([C@H]2C(C#N)=C(N)Oc3c2c(=O)sc2ccccc32)cc1OC. The van der Waals surface area contributed by atoms with Crippen LogP contribution >= 0.6 is 11.3 Å². The molecule has 0 saturated carbocycles. The molecule has 0 unspecified atom stereocenters. The molecular formula is C23H20N2O4S. The molecule has 30 heavy (non-hydrogen) atoms. The summed E-state index contributed by atoms with van der Waals surface area (Å²) in [6, 6.07) is 15.0. The van der Waals surface area contributed by atoms with Crippen molar-refractivity contribution in [3.8, 4) is 23.3 Å². The molecule has 7 heteroatoms. The first-order valence-corrected chi connectivity index (χ1v) is 10.3. The van der Waals surface area contributed by atoms with Crippen molar-refractivity contribution in [1.82, 2.24) is 0 Å². The Kier molecular flexibility index (Phi) is 5.34. The Balaban J connectivity index is 1.95. The Labute approximate surface area is 177 Å². The molecule has 0 radical (unpaired) electrons. The summed E-state index contributed by atoms with van der Waals surface area (Å²) in [5.41, 5.74) is 7.44. The number of hydrogen-bond acceptors (Lipinski definition) is 7. The number of rotatable bonds is 5. The highest BCUT2D eigenvalue weighted by Gasteiger charge is 2.35. The van der Waals surface area contributed by atoms with Gasteiger partial charge in [0.25, 0.3) is 0 Å². The van der Waals surface area contributed by atoms with Crippen molar-refractivity contribution in [2.45, 2.75) is 19.3 Å². The van der Waals surface area contributed by atoms with Crippen molar-refractivity contribution in [3.63, 3.8) is 0 Å². The highest BCUT2D eigenvalue weighted by molar-refractivity contribution is 7.16. The molecule has 0 amide bonds. The second kappa shape index (κ2) is 8.09. The number of allylic oxidation sites excluding steroid dienone is 1. The molecule has 3 aromatic rings. The van der Waals surface area contributed by atoms with Gasteiger partial charge in [0.2, 0.25) is 10.6 Å². The molecule has 4 rings (SSSR count). The van der Waals surface area contributed by atoms with Gasteiger partial charge in [0.1, 0.15) is 17.4 Å². The van der Waals surface area contributed by atoms with Crippen LogP contribution in [-0.2, 0) is 0 Å². The maximum Gasteiger partial charge on any atom is 0.240 e. The van der Waals surface area contributed by atoms with Gasteiger partial charge in [-0.15, -0.1) is 0 Å². The van der Waals surface area contributed by atoms with Crippen molar-refractivity contribution in [3.05, 3.63) is 74.6 Å². The van der Waals surface area contributed by atoms with E-state index in [1.807, 2.05) is 37.3 Å². The number of benzene rings is 2. The average molecular weight is 420 g/mol. The van der Waals surface area contributed by atoms with Crippen LogP contribution < -0.4 is 24.7 Å². The van der Waals surface area contributed by atoms with Crippen LogP contribution in [0.5, 0.6) is 17.2 Å². The van der Waals surface area contributed by atoms with E-state index in [4.69, 9.17) is 19.9 Å². The summed E-state index contributed by atoms with van der Waals surface area (Å²) in [5, 5.41) is 10.6. The third-order valence-electron chi connectivity index (χ3n) is 4.96. The lowest BCUT2D eigenvalue weighted by atomic mass is 9.84. The molecule has 1 atom stereocenters. The zero-order chi connectivity index (χ0) is 21.3. The second-order valence-electron chi connectivity index (χ2n) is 6.81. The van der Waals surface area contributed by atoms with E-state index in [-0.39, 0.29) is 16.2 Å². The van der Waals surface area contributed by atoms with Gasteiger partial charge in [-0.25, -0.2) is 0 Å². The highest BCUT2D eigenvalue weighted by atomic mass is 32.1. The zero-order valence-corrected chi connectivity index (χ0v) is 17.4. The van der Waals surface area contributed by atoms with Crippen LogP contribution in [0.2, 0.25) is 0 Å². The van der Waals surface area contributed by atoms with Crippen molar-refractivity contribution < 1.29 is 14.2 Å². The number of methoxy groups -OCH3 is 1. The fourth-order valence-electron chi connectivity index (χ4n) is 3.59. The van der Waals surface area contributed by atoms with Crippen molar-refractivity contribution in [1.29, 1.82) is 5.26 Å². The summed E-state index contributed by atoms with van der Waals surface area (Å²) >= 11 is 1.13. The molecule has 2 aromatic carbocycles. The maximum absolute atomic E-state index is 13.1. The quantitative estimate of drug-likeness (QED) is 0.662. The smallest absolute Gasteiger partial charge is 0.240 e. The van der Waals surface area contributed by atoms with Crippen molar-refractivity contribution in [2.75, 3.05) is 13.7 Å². The summed E-state index contributed by atoms with van der Waals surface area (Å²) in [6.07, 6.45) is 0.865.